The highest BCUT2D eigenvalue weighted by atomic mass is 79.9. The molecule has 196 valence electrons. The summed E-state index contributed by atoms with van der Waals surface area (Å²) in [4.78, 5) is 11.1. The molecule has 0 bridgehead atoms. The van der Waals surface area contributed by atoms with Crippen molar-refractivity contribution in [3.63, 3.8) is 0 Å². The van der Waals surface area contributed by atoms with Gasteiger partial charge in [0.05, 0.1) is 32.3 Å². The van der Waals surface area contributed by atoms with Gasteiger partial charge >= 0.3 is 0 Å². The standard InChI is InChI=1S/C12H14FN3S.C8H5BrFNS.C4H10N2.CH4/c13-9-1-2-11-10(7-9)15-12(17-11)8-16-5-3-14-4-6-16;9-4-8-11-6-3-5(10)1-2-7(6)12-8;1-2-6-4-3-5-1;/h1-2,7,14H,3-6,8H2;1-3H,4H2;5-6H,1-4H2;1H4. The van der Waals surface area contributed by atoms with Crippen molar-refractivity contribution >= 4 is 59.0 Å². The van der Waals surface area contributed by atoms with E-state index in [1.807, 2.05) is 6.07 Å². The predicted octanol–water partition coefficient (Wildman–Crippen LogP) is 4.99. The molecule has 11 heteroatoms. The quantitative estimate of drug-likeness (QED) is 0.289. The van der Waals surface area contributed by atoms with Gasteiger partial charge in [-0.15, -0.1) is 22.7 Å². The van der Waals surface area contributed by atoms with Gasteiger partial charge in [0.2, 0.25) is 0 Å². The molecule has 2 aliphatic heterocycles. The molecule has 2 fully saturated rings. The Labute approximate surface area is 227 Å². The summed E-state index contributed by atoms with van der Waals surface area (Å²) in [6, 6.07) is 9.48. The Kier molecular flexibility index (Phi) is 12.0. The van der Waals surface area contributed by atoms with E-state index in [0.717, 1.165) is 94.7 Å². The van der Waals surface area contributed by atoms with E-state index in [1.165, 1.54) is 24.3 Å². The second-order valence-electron chi connectivity index (χ2n) is 8.10. The van der Waals surface area contributed by atoms with E-state index < -0.39 is 0 Å². The topological polar surface area (TPSA) is 65.1 Å². The maximum atomic E-state index is 13.1. The fourth-order valence-electron chi connectivity index (χ4n) is 3.69. The number of alkyl halides is 1. The van der Waals surface area contributed by atoms with Crippen molar-refractivity contribution in [2.75, 3.05) is 52.4 Å². The van der Waals surface area contributed by atoms with Crippen LogP contribution < -0.4 is 16.0 Å². The summed E-state index contributed by atoms with van der Waals surface area (Å²) >= 11 is 6.55. The number of rotatable bonds is 3. The van der Waals surface area contributed by atoms with Crippen LogP contribution in [0.15, 0.2) is 36.4 Å². The van der Waals surface area contributed by atoms with Crippen LogP contribution in [0.5, 0.6) is 0 Å². The average Bonchev–Trinajstić information content (AvgIpc) is 3.49. The number of piperazine rings is 2. The van der Waals surface area contributed by atoms with Gasteiger partial charge in [0.15, 0.2) is 0 Å². The minimum Gasteiger partial charge on any atom is -0.314 e. The van der Waals surface area contributed by atoms with Crippen LogP contribution in [0.3, 0.4) is 0 Å². The van der Waals surface area contributed by atoms with Crippen LogP contribution in [0, 0.1) is 11.6 Å². The fraction of sp³-hybridized carbons (Fsp3) is 0.440. The molecule has 2 saturated heterocycles. The number of nitrogens with one attached hydrogen (secondary N) is 3. The third kappa shape index (κ3) is 8.76. The first-order valence-corrected chi connectivity index (χ1v) is 14.4. The Morgan fingerprint density at radius 2 is 1.22 bits per heavy atom. The normalized spacial score (nSPS) is 16.0. The Morgan fingerprint density at radius 1 is 0.750 bits per heavy atom. The molecule has 0 radical (unpaired) electrons. The van der Waals surface area contributed by atoms with Crippen LogP contribution in [-0.2, 0) is 11.9 Å². The molecule has 0 amide bonds. The summed E-state index contributed by atoms with van der Waals surface area (Å²) in [5.41, 5.74) is 1.52. The maximum Gasteiger partial charge on any atom is 0.125 e. The Bertz CT molecular complexity index is 1200. The van der Waals surface area contributed by atoms with Crippen molar-refractivity contribution in [3.8, 4) is 0 Å². The van der Waals surface area contributed by atoms with E-state index in [-0.39, 0.29) is 19.1 Å². The van der Waals surface area contributed by atoms with Crippen molar-refractivity contribution in [2.45, 2.75) is 19.3 Å². The number of benzene rings is 2. The van der Waals surface area contributed by atoms with E-state index >= 15 is 0 Å². The monoisotopic (exact) mass is 598 g/mol. The van der Waals surface area contributed by atoms with Crippen molar-refractivity contribution in [1.82, 2.24) is 30.8 Å². The van der Waals surface area contributed by atoms with Crippen LogP contribution in [0.1, 0.15) is 17.4 Å². The molecular weight excluding hydrogens is 566 g/mol. The molecule has 6 rings (SSSR count). The second-order valence-corrected chi connectivity index (χ2v) is 10.9. The summed E-state index contributed by atoms with van der Waals surface area (Å²) in [6.45, 7) is 9.64. The molecule has 4 aromatic rings. The summed E-state index contributed by atoms with van der Waals surface area (Å²) in [7, 11) is 0. The van der Waals surface area contributed by atoms with Crippen LogP contribution in [0.2, 0.25) is 0 Å². The van der Waals surface area contributed by atoms with Crippen molar-refractivity contribution in [2.24, 2.45) is 0 Å². The maximum absolute atomic E-state index is 13.1. The molecule has 3 N–H and O–H groups in total. The van der Waals surface area contributed by atoms with Gasteiger partial charge < -0.3 is 16.0 Å². The van der Waals surface area contributed by atoms with Crippen LogP contribution in [0.25, 0.3) is 20.4 Å². The zero-order valence-electron chi connectivity index (χ0n) is 19.3. The van der Waals surface area contributed by atoms with Crippen LogP contribution in [0.4, 0.5) is 8.78 Å². The molecule has 0 unspecified atom stereocenters. The van der Waals surface area contributed by atoms with Gasteiger partial charge in [-0.2, -0.15) is 0 Å². The minimum atomic E-state index is -0.228. The molecule has 2 aromatic heterocycles. The van der Waals surface area contributed by atoms with Crippen molar-refractivity contribution in [3.05, 3.63) is 58.0 Å². The molecule has 0 saturated carbocycles. The average molecular weight is 600 g/mol. The first-order valence-electron chi connectivity index (χ1n) is 11.6. The predicted molar refractivity (Wildman–Crippen MR) is 152 cm³/mol. The molecule has 0 atom stereocenters. The van der Waals surface area contributed by atoms with Crippen molar-refractivity contribution in [1.29, 1.82) is 0 Å². The highest BCUT2D eigenvalue weighted by Gasteiger charge is 2.12. The molecule has 4 heterocycles. The third-order valence-electron chi connectivity index (χ3n) is 5.43. The Balaban J connectivity index is 0.000000165. The molecule has 36 heavy (non-hydrogen) atoms. The smallest absolute Gasteiger partial charge is 0.125 e. The molecule has 0 spiro atoms. The van der Waals surface area contributed by atoms with Gasteiger partial charge in [0.1, 0.15) is 21.6 Å². The van der Waals surface area contributed by atoms with Gasteiger partial charge in [-0.25, -0.2) is 18.7 Å². The number of nitrogens with zero attached hydrogens (tertiary/aromatic N) is 3. The third-order valence-corrected chi connectivity index (χ3v) is 8.39. The van der Waals surface area contributed by atoms with Crippen LogP contribution in [-0.4, -0.2) is 67.2 Å². The van der Waals surface area contributed by atoms with E-state index in [9.17, 15) is 8.78 Å². The molecular formula is C25H33BrF2N6S2. The summed E-state index contributed by atoms with van der Waals surface area (Å²) in [5.74, 6) is -0.439. The molecule has 6 nitrogen and oxygen atoms in total. The minimum absolute atomic E-state index is 0. The van der Waals surface area contributed by atoms with E-state index in [1.54, 1.807) is 28.7 Å². The molecule has 2 aromatic carbocycles. The first-order chi connectivity index (χ1) is 17.1. The summed E-state index contributed by atoms with van der Waals surface area (Å²) in [5, 5.41) is 12.6. The highest BCUT2D eigenvalue weighted by molar-refractivity contribution is 9.08. The Hall–Kier alpha value is -1.60. The number of hydrogen-bond acceptors (Lipinski definition) is 8. The lowest BCUT2D eigenvalue weighted by Gasteiger charge is -2.25. The van der Waals surface area contributed by atoms with E-state index in [2.05, 4.69) is 46.7 Å². The van der Waals surface area contributed by atoms with Gasteiger partial charge in [0, 0.05) is 64.5 Å². The fourth-order valence-corrected chi connectivity index (χ4v) is 5.94. The second kappa shape index (κ2) is 15.0. The number of fused-ring (bicyclic) bond motifs is 2. The van der Waals surface area contributed by atoms with Gasteiger partial charge in [-0.3, -0.25) is 4.90 Å². The van der Waals surface area contributed by atoms with Crippen molar-refractivity contribution < 1.29 is 8.78 Å². The number of halogens is 3. The van der Waals surface area contributed by atoms with Crippen LogP contribution >= 0.6 is 38.6 Å². The van der Waals surface area contributed by atoms with E-state index in [0.29, 0.717) is 0 Å². The van der Waals surface area contributed by atoms with E-state index in [4.69, 9.17) is 0 Å². The van der Waals surface area contributed by atoms with Gasteiger partial charge in [-0.1, -0.05) is 23.4 Å². The zero-order chi connectivity index (χ0) is 24.5. The van der Waals surface area contributed by atoms with Gasteiger partial charge in [0.25, 0.3) is 0 Å². The largest absolute Gasteiger partial charge is 0.314 e. The number of thiazole rings is 2. The summed E-state index contributed by atoms with van der Waals surface area (Å²) < 4.78 is 27.9. The number of aromatic nitrogens is 2. The lowest BCUT2D eigenvalue weighted by atomic mass is 10.3. The molecule has 0 aliphatic carbocycles. The summed E-state index contributed by atoms with van der Waals surface area (Å²) in [6.07, 6.45) is 0. The zero-order valence-corrected chi connectivity index (χ0v) is 22.5. The highest BCUT2D eigenvalue weighted by Crippen LogP contribution is 2.24. The molecule has 2 aliphatic rings. The number of hydrogen-bond donors (Lipinski definition) is 3. The lowest BCUT2D eigenvalue weighted by molar-refractivity contribution is 0.233. The first kappa shape index (κ1) is 29.0. The Morgan fingerprint density at radius 3 is 1.72 bits per heavy atom. The van der Waals surface area contributed by atoms with Gasteiger partial charge in [-0.05, 0) is 24.3 Å². The lowest BCUT2D eigenvalue weighted by Crippen LogP contribution is -2.42. The SMILES string of the molecule is C.C1CNCCN1.Fc1ccc2sc(CBr)nc2c1.Fc1ccc2sc(CN3CCNCC3)nc2c1.